The summed E-state index contributed by atoms with van der Waals surface area (Å²) in [6.07, 6.45) is 0. The summed E-state index contributed by atoms with van der Waals surface area (Å²) in [6, 6.07) is 10.6. The van der Waals surface area contributed by atoms with Crippen LogP contribution >= 0.6 is 11.3 Å². The number of hydrogen-bond donors (Lipinski definition) is 2. The Hall–Kier alpha value is -2.18. The first-order valence-electron chi connectivity index (χ1n) is 7.73. The van der Waals surface area contributed by atoms with Crippen molar-refractivity contribution in [2.24, 2.45) is 11.1 Å². The van der Waals surface area contributed by atoms with Crippen LogP contribution in [0.1, 0.15) is 33.9 Å². The summed E-state index contributed by atoms with van der Waals surface area (Å²) in [7, 11) is 1.75. The van der Waals surface area contributed by atoms with Crippen LogP contribution in [0.4, 0.5) is 5.69 Å². The molecule has 1 heterocycles. The Balaban J connectivity index is 2.19. The van der Waals surface area contributed by atoms with Gasteiger partial charge in [-0.05, 0) is 35.5 Å². The van der Waals surface area contributed by atoms with Gasteiger partial charge in [-0.2, -0.15) is 0 Å². The standard InChI is InChI=1S/C18H23N3O2S/c1-18(2,11-19)12-21(3)17(23)13-7-4-5-8-14(13)20-16(22)15-9-6-10-24-15/h4-10H,11-12,19H2,1-3H3,(H,20,22). The van der Waals surface area contributed by atoms with Crippen LogP contribution in [0.5, 0.6) is 0 Å². The van der Waals surface area contributed by atoms with Gasteiger partial charge < -0.3 is 16.0 Å². The van der Waals surface area contributed by atoms with Gasteiger partial charge in [0, 0.05) is 13.6 Å². The Labute approximate surface area is 146 Å². The molecule has 0 unspecified atom stereocenters. The summed E-state index contributed by atoms with van der Waals surface area (Å²) in [5.74, 6) is -0.353. The molecule has 24 heavy (non-hydrogen) atoms. The molecule has 0 spiro atoms. The molecule has 0 aliphatic heterocycles. The van der Waals surface area contributed by atoms with Gasteiger partial charge in [0.1, 0.15) is 0 Å². The lowest BCUT2D eigenvalue weighted by Crippen LogP contribution is -2.40. The van der Waals surface area contributed by atoms with Crippen molar-refractivity contribution in [1.82, 2.24) is 4.90 Å². The van der Waals surface area contributed by atoms with Gasteiger partial charge in [0.25, 0.3) is 11.8 Å². The van der Waals surface area contributed by atoms with Crippen LogP contribution in [0.25, 0.3) is 0 Å². The Morgan fingerprint density at radius 2 is 1.92 bits per heavy atom. The molecule has 1 aromatic carbocycles. The number of thiophene rings is 1. The van der Waals surface area contributed by atoms with Gasteiger partial charge in [0.2, 0.25) is 0 Å². The third-order valence-electron chi connectivity index (χ3n) is 3.72. The first-order chi connectivity index (χ1) is 11.3. The number of nitrogens with one attached hydrogen (secondary N) is 1. The predicted octanol–water partition coefficient (Wildman–Crippen LogP) is 3.06. The topological polar surface area (TPSA) is 75.4 Å². The van der Waals surface area contributed by atoms with E-state index in [0.717, 1.165) is 0 Å². The number of hydrogen-bond acceptors (Lipinski definition) is 4. The Bertz CT molecular complexity index is 711. The molecule has 0 saturated carbocycles. The lowest BCUT2D eigenvalue weighted by Gasteiger charge is -2.29. The number of nitrogens with two attached hydrogens (primary N) is 1. The number of para-hydroxylation sites is 1. The van der Waals surface area contributed by atoms with Gasteiger partial charge in [-0.25, -0.2) is 0 Å². The van der Waals surface area contributed by atoms with Crippen molar-refractivity contribution in [3.8, 4) is 0 Å². The van der Waals surface area contributed by atoms with E-state index in [-0.39, 0.29) is 17.2 Å². The fourth-order valence-electron chi connectivity index (χ4n) is 2.35. The first-order valence-corrected chi connectivity index (χ1v) is 8.61. The fraction of sp³-hybridized carbons (Fsp3) is 0.333. The first kappa shape index (κ1) is 18.2. The van der Waals surface area contributed by atoms with E-state index < -0.39 is 0 Å². The molecule has 128 valence electrons. The number of nitrogens with zero attached hydrogens (tertiary/aromatic N) is 1. The van der Waals surface area contributed by atoms with E-state index in [4.69, 9.17) is 5.73 Å². The van der Waals surface area contributed by atoms with Crippen LogP contribution in [0.2, 0.25) is 0 Å². The average molecular weight is 345 g/mol. The van der Waals surface area contributed by atoms with Crippen LogP contribution in [-0.2, 0) is 0 Å². The van der Waals surface area contributed by atoms with Crippen molar-refractivity contribution in [1.29, 1.82) is 0 Å². The van der Waals surface area contributed by atoms with Crippen molar-refractivity contribution >= 4 is 28.8 Å². The lowest BCUT2D eigenvalue weighted by molar-refractivity contribution is 0.0741. The maximum Gasteiger partial charge on any atom is 0.265 e. The number of amides is 2. The zero-order chi connectivity index (χ0) is 17.7. The molecule has 0 fully saturated rings. The van der Waals surface area contributed by atoms with Crippen LogP contribution in [0, 0.1) is 5.41 Å². The minimum Gasteiger partial charge on any atom is -0.341 e. The zero-order valence-electron chi connectivity index (χ0n) is 14.2. The summed E-state index contributed by atoms with van der Waals surface area (Å²) in [5.41, 5.74) is 6.56. The SMILES string of the molecule is CN(CC(C)(C)CN)C(=O)c1ccccc1NC(=O)c1cccs1. The molecule has 2 rings (SSSR count). The second-order valence-corrected chi connectivity index (χ2v) is 7.45. The Morgan fingerprint density at radius 3 is 2.54 bits per heavy atom. The van der Waals surface area contributed by atoms with E-state index in [2.05, 4.69) is 5.32 Å². The molecule has 3 N–H and O–H groups in total. The Morgan fingerprint density at radius 1 is 1.21 bits per heavy atom. The maximum atomic E-state index is 12.8. The molecule has 5 nitrogen and oxygen atoms in total. The van der Waals surface area contributed by atoms with Gasteiger partial charge in [-0.3, -0.25) is 9.59 Å². The van der Waals surface area contributed by atoms with E-state index in [1.165, 1.54) is 11.3 Å². The van der Waals surface area contributed by atoms with Gasteiger partial charge in [-0.15, -0.1) is 11.3 Å². The van der Waals surface area contributed by atoms with E-state index >= 15 is 0 Å². The van der Waals surface area contributed by atoms with Crippen LogP contribution < -0.4 is 11.1 Å². The smallest absolute Gasteiger partial charge is 0.265 e. The molecular weight excluding hydrogens is 322 g/mol. The summed E-state index contributed by atoms with van der Waals surface area (Å²) >= 11 is 1.36. The van der Waals surface area contributed by atoms with Crippen LogP contribution in [0.15, 0.2) is 41.8 Å². The molecule has 6 heteroatoms. The lowest BCUT2D eigenvalue weighted by atomic mass is 9.93. The predicted molar refractivity (Wildman–Crippen MR) is 98.5 cm³/mol. The normalized spacial score (nSPS) is 11.2. The molecule has 2 amide bonds. The third kappa shape index (κ3) is 4.43. The highest BCUT2D eigenvalue weighted by Gasteiger charge is 2.23. The van der Waals surface area contributed by atoms with Crippen molar-refractivity contribution in [2.45, 2.75) is 13.8 Å². The van der Waals surface area contributed by atoms with Crippen molar-refractivity contribution in [2.75, 3.05) is 25.5 Å². The summed E-state index contributed by atoms with van der Waals surface area (Å²) in [6.45, 7) is 5.05. The molecular formula is C18H23N3O2S. The number of carbonyl (C=O) groups is 2. The second kappa shape index (κ2) is 7.59. The molecule has 1 aromatic heterocycles. The summed E-state index contributed by atoms with van der Waals surface area (Å²) in [5, 5.41) is 4.67. The molecule has 0 bridgehead atoms. The third-order valence-corrected chi connectivity index (χ3v) is 4.58. The van der Waals surface area contributed by atoms with Crippen molar-refractivity contribution in [3.63, 3.8) is 0 Å². The average Bonchev–Trinajstić information content (AvgIpc) is 3.09. The number of carbonyl (C=O) groups excluding carboxylic acids is 2. The van der Waals surface area contributed by atoms with Gasteiger partial charge in [-0.1, -0.05) is 32.0 Å². The van der Waals surface area contributed by atoms with E-state index in [1.807, 2.05) is 25.3 Å². The number of rotatable bonds is 6. The highest BCUT2D eigenvalue weighted by atomic mass is 32.1. The molecule has 0 aliphatic rings. The van der Waals surface area contributed by atoms with Crippen molar-refractivity contribution < 1.29 is 9.59 Å². The molecule has 2 aromatic rings. The van der Waals surface area contributed by atoms with Crippen LogP contribution in [0.3, 0.4) is 0 Å². The van der Waals surface area contributed by atoms with E-state index in [1.54, 1.807) is 42.3 Å². The highest BCUT2D eigenvalue weighted by Crippen LogP contribution is 2.21. The molecule has 0 atom stereocenters. The number of benzene rings is 1. The molecule has 0 saturated heterocycles. The minimum absolute atomic E-state index is 0.140. The quantitative estimate of drug-likeness (QED) is 0.845. The summed E-state index contributed by atoms with van der Waals surface area (Å²) < 4.78 is 0. The Kier molecular flexibility index (Phi) is 5.75. The minimum atomic E-state index is -0.213. The second-order valence-electron chi connectivity index (χ2n) is 6.51. The van der Waals surface area contributed by atoms with E-state index in [0.29, 0.717) is 29.2 Å². The summed E-state index contributed by atoms with van der Waals surface area (Å²) in [4.78, 5) is 27.3. The largest absolute Gasteiger partial charge is 0.341 e. The maximum absolute atomic E-state index is 12.8. The van der Waals surface area contributed by atoms with Crippen molar-refractivity contribution in [3.05, 3.63) is 52.2 Å². The monoisotopic (exact) mass is 345 g/mol. The van der Waals surface area contributed by atoms with Crippen LogP contribution in [-0.4, -0.2) is 36.9 Å². The van der Waals surface area contributed by atoms with Gasteiger partial charge in [0.15, 0.2) is 0 Å². The molecule has 0 aliphatic carbocycles. The highest BCUT2D eigenvalue weighted by molar-refractivity contribution is 7.12. The van der Waals surface area contributed by atoms with Gasteiger partial charge in [0.05, 0.1) is 16.1 Å². The zero-order valence-corrected chi connectivity index (χ0v) is 15.0. The van der Waals surface area contributed by atoms with E-state index in [9.17, 15) is 9.59 Å². The molecule has 0 radical (unpaired) electrons. The van der Waals surface area contributed by atoms with Gasteiger partial charge >= 0.3 is 0 Å². The number of anilines is 1. The fourth-order valence-corrected chi connectivity index (χ4v) is 2.97.